The van der Waals surface area contributed by atoms with Gasteiger partial charge in [0.1, 0.15) is 11.6 Å². The lowest BCUT2D eigenvalue weighted by molar-refractivity contribution is -0.193. The first-order valence-electron chi connectivity index (χ1n) is 11.3. The Morgan fingerprint density at radius 1 is 0.921 bits per heavy atom. The molecule has 210 valence electrons. The molecule has 15 heteroatoms. The van der Waals surface area contributed by atoms with Gasteiger partial charge < -0.3 is 19.8 Å². The molecule has 9 nitrogen and oxygen atoms in total. The molecule has 2 fully saturated rings. The van der Waals surface area contributed by atoms with Gasteiger partial charge in [0.05, 0.1) is 19.3 Å². The first kappa shape index (κ1) is 30.8. The maximum atomic E-state index is 10.6. The molecule has 1 aromatic heterocycles. The fourth-order valence-corrected chi connectivity index (χ4v) is 3.53. The highest BCUT2D eigenvalue weighted by Crippen LogP contribution is 2.26. The van der Waals surface area contributed by atoms with E-state index in [9.17, 15) is 26.3 Å². The molecule has 2 aliphatic rings. The lowest BCUT2D eigenvalue weighted by Crippen LogP contribution is -2.40. The molecule has 0 radical (unpaired) electrons. The van der Waals surface area contributed by atoms with E-state index in [1.165, 1.54) is 18.4 Å². The fourth-order valence-electron chi connectivity index (χ4n) is 3.53. The largest absolute Gasteiger partial charge is 0.490 e. The van der Waals surface area contributed by atoms with Crippen LogP contribution in [0, 0.1) is 0 Å². The molecule has 3 heterocycles. The third kappa shape index (κ3) is 10.1. The van der Waals surface area contributed by atoms with Gasteiger partial charge in [-0.15, -0.1) is 0 Å². The highest BCUT2D eigenvalue weighted by molar-refractivity contribution is 5.73. The fraction of sp³-hybridized carbons (Fsp3) is 0.478. The van der Waals surface area contributed by atoms with Gasteiger partial charge in [-0.3, -0.25) is 4.90 Å². The minimum Gasteiger partial charge on any atom is -0.475 e. The third-order valence-electron chi connectivity index (χ3n) is 5.34. The number of carboxylic acids is 2. The number of morpholine rings is 1. The number of hydrogen-bond acceptors (Lipinski definition) is 7. The van der Waals surface area contributed by atoms with Gasteiger partial charge in [0, 0.05) is 32.4 Å². The summed E-state index contributed by atoms with van der Waals surface area (Å²) >= 11 is 0. The van der Waals surface area contributed by atoms with Crippen molar-refractivity contribution in [1.82, 2.24) is 14.9 Å². The van der Waals surface area contributed by atoms with E-state index < -0.39 is 24.3 Å². The molecule has 0 saturated carbocycles. The first-order valence-corrected chi connectivity index (χ1v) is 11.3. The topological polar surface area (TPSA) is 116 Å². The lowest BCUT2D eigenvalue weighted by atomic mass is 10.1. The number of carbonyl (C=O) groups is 2. The van der Waals surface area contributed by atoms with E-state index in [0.29, 0.717) is 6.61 Å². The number of alkyl halides is 6. The Labute approximate surface area is 213 Å². The first-order chi connectivity index (χ1) is 17.8. The molecule has 0 aliphatic carbocycles. The quantitative estimate of drug-likeness (QED) is 0.545. The molecule has 1 aromatic carbocycles. The number of ether oxygens (including phenoxy) is 1. The molecule has 0 spiro atoms. The Bertz CT molecular complexity index is 1010. The molecule has 2 aliphatic heterocycles. The summed E-state index contributed by atoms with van der Waals surface area (Å²) in [4.78, 5) is 32.0. The number of hydrogen-bond donors (Lipinski definition) is 2. The summed E-state index contributed by atoms with van der Waals surface area (Å²) in [5, 5.41) is 14.2. The van der Waals surface area contributed by atoms with E-state index in [0.717, 1.165) is 44.4 Å². The van der Waals surface area contributed by atoms with Gasteiger partial charge in [-0.2, -0.15) is 26.3 Å². The molecule has 1 unspecified atom stereocenters. The van der Waals surface area contributed by atoms with Crippen LogP contribution in [0.5, 0.6) is 0 Å². The second kappa shape index (κ2) is 13.9. The van der Waals surface area contributed by atoms with Crippen LogP contribution in [0.4, 0.5) is 32.2 Å². The number of halogens is 6. The molecule has 1 atom stereocenters. The van der Waals surface area contributed by atoms with Crippen LogP contribution in [-0.4, -0.2) is 82.2 Å². The Morgan fingerprint density at radius 3 is 2.00 bits per heavy atom. The maximum absolute atomic E-state index is 10.6. The average Bonchev–Trinajstić information content (AvgIpc) is 3.40. The average molecular weight is 552 g/mol. The molecule has 0 amide bonds. The highest BCUT2D eigenvalue weighted by atomic mass is 19.4. The zero-order chi connectivity index (χ0) is 28.3. The van der Waals surface area contributed by atoms with Crippen LogP contribution in [0.3, 0.4) is 0 Å². The number of aliphatic carboxylic acids is 2. The number of aromatic nitrogens is 2. The van der Waals surface area contributed by atoms with Crippen molar-refractivity contribution in [3.63, 3.8) is 0 Å². The van der Waals surface area contributed by atoms with Crippen molar-refractivity contribution < 1.29 is 50.9 Å². The molecular formula is C23H26F6N4O5. The zero-order valence-electron chi connectivity index (χ0n) is 20.0. The maximum Gasteiger partial charge on any atom is 0.490 e. The predicted molar refractivity (Wildman–Crippen MR) is 121 cm³/mol. The summed E-state index contributed by atoms with van der Waals surface area (Å²) in [6.45, 7) is 5.46. The van der Waals surface area contributed by atoms with E-state index >= 15 is 0 Å². The molecule has 38 heavy (non-hydrogen) atoms. The smallest absolute Gasteiger partial charge is 0.475 e. The summed E-state index contributed by atoms with van der Waals surface area (Å²) in [6, 6.07) is 12.7. The number of nitrogens with zero attached hydrogens (tertiary/aromatic N) is 4. The van der Waals surface area contributed by atoms with E-state index in [2.05, 4.69) is 45.1 Å². The number of anilines is 1. The standard InChI is InChI=1S/C19H24N4O.2C2HF3O2/c1-2-6-16(7-3-1)14-23-12-13-24-15-17(23)19-20-9-8-18(21-19)22-10-4-5-11-22;2*3-2(4,5)1(6)7/h1-3,6-9,17H,4-5,10-15H2;2*(H,6,7). The number of rotatable bonds is 4. The van der Waals surface area contributed by atoms with Gasteiger partial charge in [-0.05, 0) is 24.5 Å². The van der Waals surface area contributed by atoms with Crippen molar-refractivity contribution in [2.75, 3.05) is 37.7 Å². The van der Waals surface area contributed by atoms with Crippen molar-refractivity contribution in [3.8, 4) is 0 Å². The zero-order valence-corrected chi connectivity index (χ0v) is 20.0. The Kier molecular flexibility index (Phi) is 11.3. The van der Waals surface area contributed by atoms with Crippen LogP contribution >= 0.6 is 0 Å². The van der Waals surface area contributed by atoms with Crippen LogP contribution in [-0.2, 0) is 20.9 Å². The second-order valence-electron chi connectivity index (χ2n) is 8.12. The van der Waals surface area contributed by atoms with Gasteiger partial charge in [-0.25, -0.2) is 19.6 Å². The van der Waals surface area contributed by atoms with Gasteiger partial charge in [-0.1, -0.05) is 30.3 Å². The minimum atomic E-state index is -5.08. The summed E-state index contributed by atoms with van der Waals surface area (Å²) in [6.07, 6.45) is -5.76. The van der Waals surface area contributed by atoms with Crippen LogP contribution in [0.2, 0.25) is 0 Å². The molecule has 4 rings (SSSR count). The van der Waals surface area contributed by atoms with Crippen LogP contribution in [0.25, 0.3) is 0 Å². The SMILES string of the molecule is O=C(O)C(F)(F)F.O=C(O)C(F)(F)F.c1ccc(CN2CCOCC2c2nccc(N3CCCC3)n2)cc1. The van der Waals surface area contributed by atoms with Crippen molar-refractivity contribution >= 4 is 17.8 Å². The summed E-state index contributed by atoms with van der Waals surface area (Å²) in [7, 11) is 0. The van der Waals surface area contributed by atoms with Crippen molar-refractivity contribution in [2.24, 2.45) is 0 Å². The van der Waals surface area contributed by atoms with E-state index in [4.69, 9.17) is 29.5 Å². The minimum absolute atomic E-state index is 0.126. The van der Waals surface area contributed by atoms with Gasteiger partial charge >= 0.3 is 24.3 Å². The number of benzene rings is 1. The van der Waals surface area contributed by atoms with Crippen molar-refractivity contribution in [2.45, 2.75) is 37.8 Å². The Hall–Kier alpha value is -3.46. The normalized spacial score (nSPS) is 18.1. The van der Waals surface area contributed by atoms with E-state index in [-0.39, 0.29) is 6.04 Å². The van der Waals surface area contributed by atoms with Gasteiger partial charge in [0.15, 0.2) is 0 Å². The Morgan fingerprint density at radius 2 is 1.47 bits per heavy atom. The third-order valence-corrected chi connectivity index (χ3v) is 5.34. The molecule has 2 saturated heterocycles. The lowest BCUT2D eigenvalue weighted by Gasteiger charge is -2.34. The molecule has 0 bridgehead atoms. The summed E-state index contributed by atoms with van der Waals surface area (Å²) in [5.74, 6) is -3.57. The van der Waals surface area contributed by atoms with Crippen LogP contribution in [0.1, 0.15) is 30.3 Å². The summed E-state index contributed by atoms with van der Waals surface area (Å²) < 4.78 is 69.2. The Balaban J connectivity index is 0.000000301. The molecule has 2 N–H and O–H groups in total. The van der Waals surface area contributed by atoms with Crippen LogP contribution < -0.4 is 4.90 Å². The van der Waals surface area contributed by atoms with E-state index in [1.54, 1.807) is 0 Å². The van der Waals surface area contributed by atoms with Crippen molar-refractivity contribution in [3.05, 3.63) is 54.0 Å². The summed E-state index contributed by atoms with van der Waals surface area (Å²) in [5.41, 5.74) is 1.32. The van der Waals surface area contributed by atoms with Crippen LogP contribution in [0.15, 0.2) is 42.6 Å². The van der Waals surface area contributed by atoms with Crippen molar-refractivity contribution in [1.29, 1.82) is 0 Å². The van der Waals surface area contributed by atoms with Gasteiger partial charge in [0.25, 0.3) is 0 Å². The van der Waals surface area contributed by atoms with E-state index in [1.807, 2.05) is 12.3 Å². The monoisotopic (exact) mass is 552 g/mol. The van der Waals surface area contributed by atoms with Gasteiger partial charge in [0.2, 0.25) is 0 Å². The second-order valence-corrected chi connectivity index (χ2v) is 8.12. The molecular weight excluding hydrogens is 526 g/mol. The predicted octanol–water partition coefficient (Wildman–Crippen LogP) is 3.92. The highest BCUT2D eigenvalue weighted by Gasteiger charge is 2.39. The number of carboxylic acid groups (broad SMARTS) is 2. The molecule has 2 aromatic rings.